The molecule has 0 fully saturated rings. The van der Waals surface area contributed by atoms with Gasteiger partial charge in [-0.2, -0.15) is 0 Å². The number of esters is 2. The molecule has 1 aliphatic rings. The fourth-order valence-electron chi connectivity index (χ4n) is 3.95. The molecule has 0 saturated heterocycles. The van der Waals surface area contributed by atoms with Crippen molar-refractivity contribution in [2.45, 2.75) is 19.9 Å². The number of rotatable bonds is 6. The molecule has 1 unspecified atom stereocenters. The van der Waals surface area contributed by atoms with Crippen LogP contribution >= 0.6 is 11.3 Å². The summed E-state index contributed by atoms with van der Waals surface area (Å²) in [4.78, 5) is 42.9. The van der Waals surface area contributed by atoms with Crippen molar-refractivity contribution in [3.05, 3.63) is 84.5 Å². The molecule has 1 aliphatic heterocycles. The van der Waals surface area contributed by atoms with Gasteiger partial charge in [0, 0.05) is 6.92 Å². The minimum atomic E-state index is -0.827. The molecule has 0 amide bonds. The molecule has 0 N–H and O–H groups in total. The van der Waals surface area contributed by atoms with Crippen LogP contribution in [-0.4, -0.2) is 37.8 Å². The maximum Gasteiger partial charge on any atom is 0.338 e. The average molecular weight is 509 g/mol. The number of thiazole rings is 1. The summed E-state index contributed by atoms with van der Waals surface area (Å²) in [5.41, 5.74) is 1.73. The first kappa shape index (κ1) is 24.9. The monoisotopic (exact) mass is 508 g/mol. The third kappa shape index (κ3) is 4.67. The van der Waals surface area contributed by atoms with Crippen LogP contribution in [0.25, 0.3) is 6.08 Å². The summed E-state index contributed by atoms with van der Waals surface area (Å²) in [7, 11) is 4.30. The molecule has 1 atom stereocenters. The van der Waals surface area contributed by atoms with E-state index in [2.05, 4.69) is 4.99 Å². The lowest BCUT2D eigenvalue weighted by atomic mass is 9.95. The molecular formula is C26H24N2O7S. The van der Waals surface area contributed by atoms with E-state index in [1.54, 1.807) is 38.3 Å². The number of ether oxygens (including phenoxy) is 4. The van der Waals surface area contributed by atoms with Crippen molar-refractivity contribution >= 4 is 29.4 Å². The number of fused-ring (bicyclic) bond motifs is 1. The molecule has 2 heterocycles. The lowest BCUT2D eigenvalue weighted by Gasteiger charge is -2.25. The predicted molar refractivity (Wildman–Crippen MR) is 133 cm³/mol. The summed E-state index contributed by atoms with van der Waals surface area (Å²) in [6, 6.07) is 11.3. The highest BCUT2D eigenvalue weighted by molar-refractivity contribution is 7.07. The van der Waals surface area contributed by atoms with E-state index in [1.807, 2.05) is 24.3 Å². The number of benzene rings is 2. The number of carbonyl (C=O) groups excluding carboxylic acids is 2. The highest BCUT2D eigenvalue weighted by Crippen LogP contribution is 2.36. The topological polar surface area (TPSA) is 105 Å². The molecule has 186 valence electrons. The van der Waals surface area contributed by atoms with Crippen molar-refractivity contribution in [1.29, 1.82) is 0 Å². The largest absolute Gasteiger partial charge is 0.497 e. The zero-order valence-electron chi connectivity index (χ0n) is 20.4. The number of nitrogens with zero attached hydrogens (tertiary/aromatic N) is 2. The molecule has 0 saturated carbocycles. The third-order valence-electron chi connectivity index (χ3n) is 5.60. The van der Waals surface area contributed by atoms with Crippen molar-refractivity contribution < 1.29 is 28.5 Å². The summed E-state index contributed by atoms with van der Waals surface area (Å²) in [6.45, 7) is 2.99. The first-order valence-electron chi connectivity index (χ1n) is 10.9. The Morgan fingerprint density at radius 2 is 1.75 bits per heavy atom. The van der Waals surface area contributed by atoms with Gasteiger partial charge in [0.25, 0.3) is 5.56 Å². The Morgan fingerprint density at radius 3 is 2.36 bits per heavy atom. The second-order valence-electron chi connectivity index (χ2n) is 7.85. The van der Waals surface area contributed by atoms with Crippen LogP contribution in [0.15, 0.2) is 63.5 Å². The van der Waals surface area contributed by atoms with Gasteiger partial charge in [-0.1, -0.05) is 29.5 Å². The third-order valence-corrected chi connectivity index (χ3v) is 6.58. The van der Waals surface area contributed by atoms with Crippen molar-refractivity contribution in [3.63, 3.8) is 0 Å². The van der Waals surface area contributed by atoms with E-state index in [4.69, 9.17) is 18.9 Å². The molecular weight excluding hydrogens is 484 g/mol. The Bertz CT molecular complexity index is 1550. The summed E-state index contributed by atoms with van der Waals surface area (Å²) in [5.74, 6) is 0.105. The lowest BCUT2D eigenvalue weighted by molar-refractivity contribution is -0.136. The van der Waals surface area contributed by atoms with Gasteiger partial charge in [-0.15, -0.1) is 0 Å². The molecule has 36 heavy (non-hydrogen) atoms. The van der Waals surface area contributed by atoms with E-state index in [9.17, 15) is 14.4 Å². The fourth-order valence-corrected chi connectivity index (χ4v) is 5.00. The maximum atomic E-state index is 13.6. The highest BCUT2D eigenvalue weighted by Gasteiger charge is 2.33. The van der Waals surface area contributed by atoms with Crippen LogP contribution in [0.2, 0.25) is 0 Å². The van der Waals surface area contributed by atoms with Crippen molar-refractivity contribution in [3.8, 4) is 17.2 Å². The van der Waals surface area contributed by atoms with Crippen LogP contribution in [0.3, 0.4) is 0 Å². The minimum absolute atomic E-state index is 0.223. The number of aromatic nitrogens is 1. The van der Waals surface area contributed by atoms with Crippen LogP contribution in [0, 0.1) is 0 Å². The molecule has 10 heteroatoms. The van der Waals surface area contributed by atoms with Gasteiger partial charge in [-0.25, -0.2) is 9.79 Å². The smallest absolute Gasteiger partial charge is 0.338 e. The van der Waals surface area contributed by atoms with Crippen molar-refractivity contribution in [1.82, 2.24) is 4.57 Å². The van der Waals surface area contributed by atoms with Crippen LogP contribution in [0.1, 0.15) is 31.0 Å². The van der Waals surface area contributed by atoms with Crippen LogP contribution in [-0.2, 0) is 14.3 Å². The van der Waals surface area contributed by atoms with Crippen molar-refractivity contribution in [2.75, 3.05) is 21.3 Å². The first-order chi connectivity index (χ1) is 17.3. The standard InChI is InChI=1S/C26H24N2O7S/c1-14-22(25(31)34-5)23(17-8-11-19(35-15(2)29)20(13-17)33-4)28-24(30)21(36-26(28)27-14)12-16-6-9-18(32-3)10-7-16/h6-13,23H,1-5H3/b21-12-. The van der Waals surface area contributed by atoms with Crippen LogP contribution < -0.4 is 29.1 Å². The maximum absolute atomic E-state index is 13.6. The Morgan fingerprint density at radius 1 is 1.03 bits per heavy atom. The number of carbonyl (C=O) groups is 2. The summed E-state index contributed by atoms with van der Waals surface area (Å²) < 4.78 is 22.8. The van der Waals surface area contributed by atoms with E-state index in [0.29, 0.717) is 26.3 Å². The molecule has 3 aromatic rings. The second kappa shape index (κ2) is 10.2. The van der Waals surface area contributed by atoms with Gasteiger partial charge in [0.15, 0.2) is 16.3 Å². The number of hydrogen-bond donors (Lipinski definition) is 0. The number of allylic oxidation sites excluding steroid dienone is 1. The number of hydrogen-bond acceptors (Lipinski definition) is 9. The van der Waals surface area contributed by atoms with E-state index >= 15 is 0 Å². The Kier molecular flexibility index (Phi) is 7.07. The molecule has 1 aromatic heterocycles. The van der Waals surface area contributed by atoms with E-state index < -0.39 is 18.0 Å². The van der Waals surface area contributed by atoms with E-state index in [1.165, 1.54) is 37.0 Å². The van der Waals surface area contributed by atoms with Crippen LogP contribution in [0.4, 0.5) is 0 Å². The molecule has 2 aromatic carbocycles. The van der Waals surface area contributed by atoms with Crippen molar-refractivity contribution in [2.24, 2.45) is 4.99 Å². The van der Waals surface area contributed by atoms with Gasteiger partial charge in [0.05, 0.1) is 43.2 Å². The zero-order valence-corrected chi connectivity index (χ0v) is 21.2. The van der Waals surface area contributed by atoms with Gasteiger partial charge in [-0.05, 0) is 48.4 Å². The SMILES string of the molecule is COC(=O)C1=C(C)N=c2s/c(=C\c3ccc(OC)cc3)c(=O)n2C1c1ccc(OC(C)=O)c(OC)c1. The quantitative estimate of drug-likeness (QED) is 0.372. The highest BCUT2D eigenvalue weighted by atomic mass is 32.1. The predicted octanol–water partition coefficient (Wildman–Crippen LogP) is 2.35. The molecule has 0 bridgehead atoms. The summed E-state index contributed by atoms with van der Waals surface area (Å²) in [6.07, 6.45) is 1.77. The molecule has 9 nitrogen and oxygen atoms in total. The second-order valence-corrected chi connectivity index (χ2v) is 8.86. The van der Waals surface area contributed by atoms with Crippen LogP contribution in [0.5, 0.6) is 17.2 Å². The van der Waals surface area contributed by atoms with E-state index in [-0.39, 0.29) is 22.6 Å². The molecule has 0 spiro atoms. The molecule has 0 aliphatic carbocycles. The van der Waals surface area contributed by atoms with Gasteiger partial charge in [-0.3, -0.25) is 14.2 Å². The normalized spacial score (nSPS) is 15.1. The zero-order chi connectivity index (χ0) is 26.0. The molecule has 0 radical (unpaired) electrons. The Balaban J connectivity index is 1.93. The van der Waals surface area contributed by atoms with Gasteiger partial charge < -0.3 is 18.9 Å². The molecule has 4 rings (SSSR count). The van der Waals surface area contributed by atoms with Gasteiger partial charge in [0.2, 0.25) is 0 Å². The lowest BCUT2D eigenvalue weighted by Crippen LogP contribution is -2.39. The summed E-state index contributed by atoms with van der Waals surface area (Å²) >= 11 is 1.22. The van der Waals surface area contributed by atoms with E-state index in [0.717, 1.165) is 5.56 Å². The number of methoxy groups -OCH3 is 3. The fraction of sp³-hybridized carbons (Fsp3) is 0.231. The van der Waals surface area contributed by atoms with Gasteiger partial charge >= 0.3 is 11.9 Å². The average Bonchev–Trinajstić information content (AvgIpc) is 3.17. The Labute approximate surface area is 210 Å². The Hall–Kier alpha value is -4.18. The first-order valence-corrected chi connectivity index (χ1v) is 11.7. The minimum Gasteiger partial charge on any atom is -0.497 e. The van der Waals surface area contributed by atoms with Gasteiger partial charge in [0.1, 0.15) is 5.75 Å². The summed E-state index contributed by atoms with van der Waals surface area (Å²) in [5, 5.41) is 0.